The Morgan fingerprint density at radius 2 is 2.14 bits per heavy atom. The van der Waals surface area contributed by atoms with Crippen molar-refractivity contribution in [2.24, 2.45) is 5.92 Å². The van der Waals surface area contributed by atoms with Crippen molar-refractivity contribution in [3.05, 3.63) is 22.6 Å². The molecule has 0 amide bonds. The van der Waals surface area contributed by atoms with Crippen molar-refractivity contribution in [3.8, 4) is 0 Å². The zero-order valence-corrected chi connectivity index (χ0v) is 14.1. The second kappa shape index (κ2) is 9.82. The molecular formula is C17H26O3S. The predicted octanol–water partition coefficient (Wildman–Crippen LogP) is 4.28. The Bertz CT molecular complexity index is 424. The molecule has 0 aromatic heterocycles. The van der Waals surface area contributed by atoms with Gasteiger partial charge < -0.3 is 4.74 Å². The van der Waals surface area contributed by atoms with Crippen molar-refractivity contribution in [2.75, 3.05) is 12.4 Å². The summed E-state index contributed by atoms with van der Waals surface area (Å²) in [5, 5.41) is 0. The Morgan fingerprint density at radius 1 is 1.38 bits per heavy atom. The molecule has 0 radical (unpaired) electrons. The molecule has 0 saturated heterocycles. The molecule has 3 nitrogen and oxygen atoms in total. The molecular weight excluding hydrogens is 284 g/mol. The summed E-state index contributed by atoms with van der Waals surface area (Å²) < 4.78 is 5.27. The maximum atomic E-state index is 12.0. The number of esters is 1. The number of carbonyl (C=O) groups excluding carboxylic acids is 2. The van der Waals surface area contributed by atoms with Gasteiger partial charge in [-0.25, -0.2) is 0 Å². The van der Waals surface area contributed by atoms with Gasteiger partial charge in [-0.3, -0.25) is 9.59 Å². The minimum atomic E-state index is -0.399. The highest BCUT2D eigenvalue weighted by Crippen LogP contribution is 2.25. The fraction of sp³-hybridized carbons (Fsp3) is 0.647. The van der Waals surface area contributed by atoms with Crippen LogP contribution in [0.1, 0.15) is 52.9 Å². The Kier molecular flexibility index (Phi) is 8.43. The van der Waals surface area contributed by atoms with Gasteiger partial charge in [-0.1, -0.05) is 44.8 Å². The van der Waals surface area contributed by atoms with Crippen LogP contribution in [-0.4, -0.2) is 24.1 Å². The van der Waals surface area contributed by atoms with Crippen molar-refractivity contribution in [3.63, 3.8) is 0 Å². The van der Waals surface area contributed by atoms with E-state index in [-0.39, 0.29) is 12.2 Å². The van der Waals surface area contributed by atoms with Crippen LogP contribution in [0.15, 0.2) is 22.6 Å². The third-order valence-corrected chi connectivity index (χ3v) is 4.60. The van der Waals surface area contributed by atoms with E-state index in [1.807, 2.05) is 13.0 Å². The lowest BCUT2D eigenvalue weighted by Crippen LogP contribution is -2.17. The van der Waals surface area contributed by atoms with Gasteiger partial charge in [0.25, 0.3) is 0 Å². The summed E-state index contributed by atoms with van der Waals surface area (Å²) in [6, 6.07) is 0. The molecule has 0 aliphatic carbocycles. The van der Waals surface area contributed by atoms with Crippen LogP contribution in [0.4, 0.5) is 0 Å². The second-order valence-corrected chi connectivity index (χ2v) is 6.53. The highest BCUT2D eigenvalue weighted by molar-refractivity contribution is 8.04. The van der Waals surface area contributed by atoms with Crippen molar-refractivity contribution in [1.82, 2.24) is 0 Å². The van der Waals surface area contributed by atoms with Gasteiger partial charge in [-0.2, -0.15) is 0 Å². The van der Waals surface area contributed by atoms with Crippen LogP contribution in [0.2, 0.25) is 0 Å². The van der Waals surface area contributed by atoms with Gasteiger partial charge in [-0.15, -0.1) is 11.8 Å². The lowest BCUT2D eigenvalue weighted by Gasteiger charge is -2.15. The molecule has 118 valence electrons. The van der Waals surface area contributed by atoms with Crippen LogP contribution < -0.4 is 0 Å². The van der Waals surface area contributed by atoms with Crippen LogP contribution in [0, 0.1) is 5.92 Å². The zero-order valence-electron chi connectivity index (χ0n) is 13.3. The first-order valence-corrected chi connectivity index (χ1v) is 8.75. The maximum Gasteiger partial charge on any atom is 0.313 e. The molecule has 21 heavy (non-hydrogen) atoms. The molecule has 0 fully saturated rings. The molecule has 1 atom stereocenters. The summed E-state index contributed by atoms with van der Waals surface area (Å²) in [6.07, 6.45) is 8.17. The highest BCUT2D eigenvalue weighted by Gasteiger charge is 2.18. The number of ether oxygens (including phenoxy) is 1. The molecule has 1 aliphatic heterocycles. The molecule has 4 heteroatoms. The van der Waals surface area contributed by atoms with E-state index >= 15 is 0 Å². The Balaban J connectivity index is 2.36. The van der Waals surface area contributed by atoms with E-state index in [0.717, 1.165) is 37.0 Å². The topological polar surface area (TPSA) is 43.4 Å². The molecule has 1 rings (SSSR count). The highest BCUT2D eigenvalue weighted by atomic mass is 32.2. The normalized spacial score (nSPS) is 16.0. The van der Waals surface area contributed by atoms with Crippen LogP contribution >= 0.6 is 11.8 Å². The van der Waals surface area contributed by atoms with E-state index < -0.39 is 5.97 Å². The van der Waals surface area contributed by atoms with Gasteiger partial charge >= 0.3 is 5.97 Å². The summed E-state index contributed by atoms with van der Waals surface area (Å²) in [5.74, 6) is 0.688. The monoisotopic (exact) mass is 310 g/mol. The Morgan fingerprint density at radius 3 is 2.76 bits per heavy atom. The second-order valence-electron chi connectivity index (χ2n) is 5.47. The number of Topliss-reactive ketones (excluding diaryl/α,β-unsaturated/α-hetero) is 1. The summed E-state index contributed by atoms with van der Waals surface area (Å²) in [4.78, 5) is 24.5. The fourth-order valence-electron chi connectivity index (χ4n) is 2.11. The van der Waals surface area contributed by atoms with Crippen molar-refractivity contribution in [2.45, 2.75) is 52.9 Å². The van der Waals surface area contributed by atoms with Crippen molar-refractivity contribution < 1.29 is 14.3 Å². The Hall–Kier alpha value is -1.03. The number of hydrogen-bond acceptors (Lipinski definition) is 4. The van der Waals surface area contributed by atoms with Gasteiger partial charge in [0.15, 0.2) is 5.78 Å². The molecule has 0 N–H and O–H groups in total. The summed E-state index contributed by atoms with van der Waals surface area (Å²) in [6.45, 7) is 6.67. The van der Waals surface area contributed by atoms with Crippen molar-refractivity contribution >= 4 is 23.5 Å². The van der Waals surface area contributed by atoms with Gasteiger partial charge in [0.2, 0.25) is 0 Å². The molecule has 0 spiro atoms. The molecule has 0 aromatic rings. The van der Waals surface area contributed by atoms with E-state index in [0.29, 0.717) is 17.4 Å². The molecule has 0 aromatic carbocycles. The maximum absolute atomic E-state index is 12.0. The molecule has 1 unspecified atom stereocenters. The Labute approximate surface area is 132 Å². The summed E-state index contributed by atoms with van der Waals surface area (Å²) in [5.41, 5.74) is 1.08. The minimum absolute atomic E-state index is 0.126. The number of carbonyl (C=O) groups is 2. The fourth-order valence-corrected chi connectivity index (χ4v) is 3.14. The van der Waals surface area contributed by atoms with E-state index in [9.17, 15) is 9.59 Å². The standard InChI is InChI=1S/C17H26O3S/c1-4-6-7-14(5-2)12-20-17(19)11-15(18)16-10-13(3)8-9-21-16/h8,10,14H,4-7,9,11-12H2,1-3H3. The van der Waals surface area contributed by atoms with Crippen LogP contribution in [0.5, 0.6) is 0 Å². The quantitative estimate of drug-likeness (QED) is 0.471. The number of unbranched alkanes of at least 4 members (excludes halogenated alkanes) is 1. The average Bonchev–Trinajstić information content (AvgIpc) is 2.47. The van der Waals surface area contributed by atoms with Gasteiger partial charge in [0.05, 0.1) is 11.5 Å². The van der Waals surface area contributed by atoms with Crippen LogP contribution in [-0.2, 0) is 14.3 Å². The van der Waals surface area contributed by atoms with E-state index in [2.05, 4.69) is 19.9 Å². The number of allylic oxidation sites excluding steroid dienone is 3. The van der Waals surface area contributed by atoms with E-state index in [1.54, 1.807) is 0 Å². The van der Waals surface area contributed by atoms with Gasteiger partial charge in [0, 0.05) is 5.75 Å². The van der Waals surface area contributed by atoms with E-state index in [4.69, 9.17) is 4.74 Å². The number of rotatable bonds is 9. The first-order chi connectivity index (χ1) is 10.1. The third kappa shape index (κ3) is 6.98. The zero-order chi connectivity index (χ0) is 15.7. The average molecular weight is 310 g/mol. The smallest absolute Gasteiger partial charge is 0.313 e. The van der Waals surface area contributed by atoms with Crippen molar-refractivity contribution in [1.29, 1.82) is 0 Å². The van der Waals surface area contributed by atoms with Gasteiger partial charge in [-0.05, 0) is 25.3 Å². The van der Waals surface area contributed by atoms with Crippen LogP contribution in [0.3, 0.4) is 0 Å². The molecule has 0 saturated carbocycles. The third-order valence-electron chi connectivity index (χ3n) is 3.61. The SMILES string of the molecule is CCCCC(CC)COC(=O)CC(=O)C1=CC(C)=CCS1. The van der Waals surface area contributed by atoms with E-state index in [1.165, 1.54) is 11.8 Å². The number of thioether (sulfide) groups is 1. The lowest BCUT2D eigenvalue weighted by atomic mass is 10.0. The molecule has 1 heterocycles. The first kappa shape index (κ1) is 18.0. The number of hydrogen-bond donors (Lipinski definition) is 0. The lowest BCUT2D eigenvalue weighted by molar-refractivity contribution is -0.146. The predicted molar refractivity (Wildman–Crippen MR) is 88.2 cm³/mol. The summed E-state index contributed by atoms with van der Waals surface area (Å²) >= 11 is 1.48. The largest absolute Gasteiger partial charge is 0.465 e. The van der Waals surface area contributed by atoms with Crippen LogP contribution in [0.25, 0.3) is 0 Å². The first-order valence-electron chi connectivity index (χ1n) is 7.76. The molecule has 0 bridgehead atoms. The molecule has 1 aliphatic rings. The number of ketones is 1. The summed E-state index contributed by atoms with van der Waals surface area (Å²) in [7, 11) is 0. The minimum Gasteiger partial charge on any atom is -0.465 e. The van der Waals surface area contributed by atoms with Gasteiger partial charge in [0.1, 0.15) is 6.42 Å².